The van der Waals surface area contributed by atoms with Crippen molar-refractivity contribution < 1.29 is 9.53 Å². The van der Waals surface area contributed by atoms with Crippen LogP contribution in [-0.4, -0.2) is 24.6 Å². The van der Waals surface area contributed by atoms with E-state index in [9.17, 15) is 4.79 Å². The van der Waals surface area contributed by atoms with Crippen molar-refractivity contribution in [2.24, 2.45) is 5.41 Å². The van der Waals surface area contributed by atoms with Gasteiger partial charge in [-0.2, -0.15) is 0 Å². The van der Waals surface area contributed by atoms with Crippen LogP contribution >= 0.6 is 11.6 Å². The highest BCUT2D eigenvalue weighted by atomic mass is 35.5. The molecule has 0 atom stereocenters. The van der Waals surface area contributed by atoms with Crippen LogP contribution in [0.15, 0.2) is 18.3 Å². The van der Waals surface area contributed by atoms with Crippen LogP contribution in [0.2, 0.25) is 5.02 Å². The SMILES string of the molecule is COCCC1(C(=O)NCc2cc(Cl)ccn2)CC1. The average molecular weight is 269 g/mol. The zero-order valence-electron chi connectivity index (χ0n) is 10.4. The van der Waals surface area contributed by atoms with E-state index >= 15 is 0 Å². The minimum Gasteiger partial charge on any atom is -0.385 e. The van der Waals surface area contributed by atoms with Gasteiger partial charge >= 0.3 is 0 Å². The van der Waals surface area contributed by atoms with E-state index in [-0.39, 0.29) is 11.3 Å². The molecule has 1 heterocycles. The molecule has 1 saturated carbocycles. The molecule has 2 rings (SSSR count). The monoisotopic (exact) mass is 268 g/mol. The first-order valence-electron chi connectivity index (χ1n) is 6.04. The van der Waals surface area contributed by atoms with Gasteiger partial charge in [0.2, 0.25) is 5.91 Å². The van der Waals surface area contributed by atoms with Crippen molar-refractivity contribution in [2.45, 2.75) is 25.8 Å². The third kappa shape index (κ3) is 3.21. The molecule has 98 valence electrons. The van der Waals surface area contributed by atoms with Gasteiger partial charge in [0.05, 0.1) is 17.7 Å². The maximum atomic E-state index is 12.1. The fourth-order valence-corrected chi connectivity index (χ4v) is 2.12. The Labute approximate surface area is 112 Å². The summed E-state index contributed by atoms with van der Waals surface area (Å²) < 4.78 is 5.04. The Balaban J connectivity index is 1.85. The number of hydrogen-bond acceptors (Lipinski definition) is 3. The first kappa shape index (κ1) is 13.3. The van der Waals surface area contributed by atoms with Crippen LogP contribution in [0.4, 0.5) is 0 Å². The number of carbonyl (C=O) groups is 1. The van der Waals surface area contributed by atoms with Gasteiger partial charge in [0.25, 0.3) is 0 Å². The number of ether oxygens (including phenoxy) is 1. The first-order valence-corrected chi connectivity index (χ1v) is 6.42. The van der Waals surface area contributed by atoms with Crippen LogP contribution < -0.4 is 5.32 Å². The second-order valence-corrected chi connectivity index (χ2v) is 5.11. The Kier molecular flexibility index (Phi) is 4.19. The third-order valence-corrected chi connectivity index (χ3v) is 3.56. The van der Waals surface area contributed by atoms with E-state index in [0.29, 0.717) is 18.2 Å². The Hall–Kier alpha value is -1.13. The second kappa shape index (κ2) is 5.67. The normalized spacial score (nSPS) is 16.3. The standard InChI is InChI=1S/C13H17ClN2O2/c1-18-7-5-13(3-4-13)12(17)16-9-11-8-10(14)2-6-15-11/h2,6,8H,3-5,7,9H2,1H3,(H,16,17). The molecule has 0 unspecified atom stereocenters. The molecular formula is C13H17ClN2O2. The molecule has 4 nitrogen and oxygen atoms in total. The molecule has 5 heteroatoms. The van der Waals surface area contributed by atoms with E-state index in [4.69, 9.17) is 16.3 Å². The number of pyridine rings is 1. The minimum absolute atomic E-state index is 0.0984. The number of methoxy groups -OCH3 is 1. The number of carbonyl (C=O) groups excluding carboxylic acids is 1. The van der Waals surface area contributed by atoms with Crippen LogP contribution in [-0.2, 0) is 16.1 Å². The van der Waals surface area contributed by atoms with Crippen molar-refractivity contribution >= 4 is 17.5 Å². The number of amides is 1. The van der Waals surface area contributed by atoms with Gasteiger partial charge in [0.15, 0.2) is 0 Å². The lowest BCUT2D eigenvalue weighted by molar-refractivity contribution is -0.127. The lowest BCUT2D eigenvalue weighted by Gasteiger charge is -2.14. The largest absolute Gasteiger partial charge is 0.385 e. The molecule has 1 fully saturated rings. The van der Waals surface area contributed by atoms with Crippen molar-refractivity contribution in [3.05, 3.63) is 29.0 Å². The second-order valence-electron chi connectivity index (χ2n) is 4.67. The average Bonchev–Trinajstić information content (AvgIpc) is 3.15. The summed E-state index contributed by atoms with van der Waals surface area (Å²) in [6.07, 6.45) is 4.33. The number of hydrogen-bond donors (Lipinski definition) is 1. The smallest absolute Gasteiger partial charge is 0.226 e. The molecular weight excluding hydrogens is 252 g/mol. The molecule has 1 aromatic rings. The van der Waals surface area contributed by atoms with Gasteiger partial charge in [0.1, 0.15) is 0 Å². The lowest BCUT2D eigenvalue weighted by Crippen LogP contribution is -2.32. The van der Waals surface area contributed by atoms with Crippen LogP contribution in [0.25, 0.3) is 0 Å². The fourth-order valence-electron chi connectivity index (χ4n) is 1.94. The van der Waals surface area contributed by atoms with Crippen molar-refractivity contribution in [3.63, 3.8) is 0 Å². The van der Waals surface area contributed by atoms with Gasteiger partial charge in [-0.25, -0.2) is 0 Å². The topological polar surface area (TPSA) is 51.2 Å². The molecule has 1 aromatic heterocycles. The molecule has 0 bridgehead atoms. The van der Waals surface area contributed by atoms with Gasteiger partial charge in [-0.3, -0.25) is 9.78 Å². The predicted octanol–water partition coefficient (Wildman–Crippen LogP) is 2.17. The number of nitrogens with zero attached hydrogens (tertiary/aromatic N) is 1. The molecule has 0 radical (unpaired) electrons. The van der Waals surface area contributed by atoms with E-state index in [1.54, 1.807) is 25.4 Å². The van der Waals surface area contributed by atoms with Gasteiger partial charge in [-0.05, 0) is 31.4 Å². The summed E-state index contributed by atoms with van der Waals surface area (Å²) in [5, 5.41) is 3.56. The zero-order valence-corrected chi connectivity index (χ0v) is 11.2. The van der Waals surface area contributed by atoms with E-state index in [1.165, 1.54) is 0 Å². The predicted molar refractivity (Wildman–Crippen MR) is 69.3 cm³/mol. The Morgan fingerprint density at radius 2 is 2.39 bits per heavy atom. The third-order valence-electron chi connectivity index (χ3n) is 3.33. The van der Waals surface area contributed by atoms with Gasteiger partial charge in [-0.15, -0.1) is 0 Å². The van der Waals surface area contributed by atoms with Crippen molar-refractivity contribution in [2.75, 3.05) is 13.7 Å². The Morgan fingerprint density at radius 3 is 3.00 bits per heavy atom. The first-order chi connectivity index (χ1) is 8.66. The van der Waals surface area contributed by atoms with E-state index in [0.717, 1.165) is 25.0 Å². The molecule has 0 saturated heterocycles. The molecule has 1 aliphatic carbocycles. The molecule has 0 aromatic carbocycles. The summed E-state index contributed by atoms with van der Waals surface area (Å²) in [4.78, 5) is 16.2. The zero-order chi connectivity index (χ0) is 13.0. The number of nitrogens with one attached hydrogen (secondary N) is 1. The minimum atomic E-state index is -0.200. The number of halogens is 1. The summed E-state index contributed by atoms with van der Waals surface area (Å²) in [7, 11) is 1.66. The highest BCUT2D eigenvalue weighted by molar-refractivity contribution is 6.30. The highest BCUT2D eigenvalue weighted by Crippen LogP contribution is 2.48. The molecule has 0 aliphatic heterocycles. The molecule has 1 amide bonds. The molecule has 1 N–H and O–H groups in total. The Morgan fingerprint density at radius 1 is 1.61 bits per heavy atom. The summed E-state index contributed by atoms with van der Waals surface area (Å²) >= 11 is 5.86. The highest BCUT2D eigenvalue weighted by Gasteiger charge is 2.48. The van der Waals surface area contributed by atoms with Crippen molar-refractivity contribution in [1.29, 1.82) is 0 Å². The molecule has 0 spiro atoms. The summed E-state index contributed by atoms with van der Waals surface area (Å²) in [5.74, 6) is 0.0984. The molecule has 1 aliphatic rings. The van der Waals surface area contributed by atoms with Crippen molar-refractivity contribution in [3.8, 4) is 0 Å². The van der Waals surface area contributed by atoms with Crippen molar-refractivity contribution in [1.82, 2.24) is 10.3 Å². The number of aromatic nitrogens is 1. The Bertz CT molecular complexity index is 433. The maximum absolute atomic E-state index is 12.1. The van der Waals surface area contributed by atoms with Gasteiger partial charge in [-0.1, -0.05) is 11.6 Å². The molecule has 18 heavy (non-hydrogen) atoms. The fraction of sp³-hybridized carbons (Fsp3) is 0.538. The van der Waals surface area contributed by atoms with Crippen LogP contribution in [0, 0.1) is 5.41 Å². The lowest BCUT2D eigenvalue weighted by atomic mass is 10.0. The van der Waals surface area contributed by atoms with Crippen LogP contribution in [0.3, 0.4) is 0 Å². The summed E-state index contributed by atoms with van der Waals surface area (Å²) in [6.45, 7) is 1.05. The maximum Gasteiger partial charge on any atom is 0.226 e. The van der Waals surface area contributed by atoms with E-state index in [2.05, 4.69) is 10.3 Å². The van der Waals surface area contributed by atoms with E-state index in [1.807, 2.05) is 0 Å². The van der Waals surface area contributed by atoms with Crippen LogP contribution in [0.1, 0.15) is 25.0 Å². The quantitative estimate of drug-likeness (QED) is 0.860. The van der Waals surface area contributed by atoms with Gasteiger partial charge in [0, 0.05) is 24.9 Å². The number of rotatable bonds is 6. The van der Waals surface area contributed by atoms with E-state index < -0.39 is 0 Å². The van der Waals surface area contributed by atoms with Gasteiger partial charge < -0.3 is 10.1 Å². The summed E-state index contributed by atoms with van der Waals surface area (Å²) in [5.41, 5.74) is 0.576. The van der Waals surface area contributed by atoms with Crippen LogP contribution in [0.5, 0.6) is 0 Å². The summed E-state index contributed by atoms with van der Waals surface area (Å²) in [6, 6.07) is 3.48.